The van der Waals surface area contributed by atoms with Gasteiger partial charge in [0.2, 0.25) is 21.8 Å². The summed E-state index contributed by atoms with van der Waals surface area (Å²) in [5, 5.41) is 10.7. The summed E-state index contributed by atoms with van der Waals surface area (Å²) < 4.78 is 31.3. The third-order valence-electron chi connectivity index (χ3n) is 6.39. The molecule has 11 nitrogen and oxygen atoms in total. The number of methoxy groups -OCH3 is 1. The molecule has 1 unspecified atom stereocenters. The number of likely N-dealkylation sites (tertiary alicyclic amines) is 1. The van der Waals surface area contributed by atoms with Crippen molar-refractivity contribution in [2.24, 2.45) is 11.7 Å². The molecule has 1 heterocycles. The van der Waals surface area contributed by atoms with Crippen LogP contribution < -0.4 is 15.8 Å². The molecule has 2 amide bonds. The second-order valence-electron chi connectivity index (χ2n) is 9.27. The van der Waals surface area contributed by atoms with E-state index in [1.807, 2.05) is 30.3 Å². The molecule has 0 spiro atoms. The van der Waals surface area contributed by atoms with Crippen LogP contribution in [-0.2, 0) is 37.3 Å². The molecule has 1 aliphatic heterocycles. The molecule has 3 atom stereocenters. The Morgan fingerprint density at radius 3 is 2.34 bits per heavy atom. The highest BCUT2D eigenvalue weighted by atomic mass is 32.2. The number of nitrogens with two attached hydrogens (primary N) is 1. The normalized spacial score (nSPS) is 18.0. The summed E-state index contributed by atoms with van der Waals surface area (Å²) in [6, 6.07) is 13.8. The molecule has 0 bridgehead atoms. The molecule has 2 aromatic carbocycles. The van der Waals surface area contributed by atoms with Gasteiger partial charge >= 0.3 is 5.97 Å². The van der Waals surface area contributed by atoms with Crippen LogP contribution in [0.1, 0.15) is 34.3 Å². The maximum absolute atomic E-state index is 13.6. The van der Waals surface area contributed by atoms with Crippen molar-refractivity contribution in [1.29, 1.82) is 5.41 Å². The Hall–Kier alpha value is -3.77. The van der Waals surface area contributed by atoms with E-state index < -0.39 is 45.8 Å². The molecule has 204 valence electrons. The van der Waals surface area contributed by atoms with Crippen LogP contribution in [0, 0.1) is 11.3 Å². The van der Waals surface area contributed by atoms with Crippen molar-refractivity contribution >= 4 is 33.6 Å². The van der Waals surface area contributed by atoms with Crippen LogP contribution in [0.4, 0.5) is 0 Å². The number of nitrogens with one attached hydrogen (secondary N) is 3. The van der Waals surface area contributed by atoms with E-state index in [2.05, 4.69) is 10.0 Å². The third-order valence-corrected chi connectivity index (χ3v) is 7.10. The van der Waals surface area contributed by atoms with Gasteiger partial charge in [0.25, 0.3) is 0 Å². The van der Waals surface area contributed by atoms with Crippen molar-refractivity contribution < 1.29 is 27.5 Å². The summed E-state index contributed by atoms with van der Waals surface area (Å²) in [6.45, 7) is 0.295. The predicted octanol–water partition coefficient (Wildman–Crippen LogP) is 0.793. The number of amidine groups is 1. The Morgan fingerprint density at radius 2 is 1.76 bits per heavy atom. The second-order valence-corrected chi connectivity index (χ2v) is 11.0. The van der Waals surface area contributed by atoms with Crippen LogP contribution in [0.5, 0.6) is 0 Å². The van der Waals surface area contributed by atoms with E-state index in [9.17, 15) is 22.8 Å². The molecule has 1 saturated heterocycles. The van der Waals surface area contributed by atoms with E-state index in [4.69, 9.17) is 15.9 Å². The lowest BCUT2D eigenvalue weighted by Crippen LogP contribution is -2.53. The second kappa shape index (κ2) is 12.7. The molecule has 0 saturated carbocycles. The Balaban J connectivity index is 1.76. The average Bonchev–Trinajstić information content (AvgIpc) is 3.35. The summed E-state index contributed by atoms with van der Waals surface area (Å²) >= 11 is 0. The Morgan fingerprint density at radius 1 is 1.11 bits per heavy atom. The van der Waals surface area contributed by atoms with Crippen LogP contribution in [0.2, 0.25) is 0 Å². The summed E-state index contributed by atoms with van der Waals surface area (Å²) in [4.78, 5) is 39.7. The Labute approximate surface area is 222 Å². The van der Waals surface area contributed by atoms with E-state index in [0.29, 0.717) is 12.0 Å². The number of carbonyl (C=O) groups excluding carboxylic acids is 3. The van der Waals surface area contributed by atoms with Gasteiger partial charge in [0.1, 0.15) is 12.1 Å². The first kappa shape index (κ1) is 28.8. The smallest absolute Gasteiger partial charge is 0.337 e. The van der Waals surface area contributed by atoms with Gasteiger partial charge in [0, 0.05) is 19.0 Å². The molecule has 2 aromatic rings. The van der Waals surface area contributed by atoms with E-state index in [-0.39, 0.29) is 31.8 Å². The van der Waals surface area contributed by atoms with Crippen molar-refractivity contribution in [2.45, 2.75) is 37.9 Å². The number of hydrogen-bond donors (Lipinski definition) is 4. The summed E-state index contributed by atoms with van der Waals surface area (Å²) in [5.41, 5.74) is 7.75. The number of hydrogen-bond acceptors (Lipinski definition) is 7. The van der Waals surface area contributed by atoms with Gasteiger partial charge in [-0.1, -0.05) is 42.5 Å². The SMILES string of the molecule is COC(=O)c1ccc(CC[C@@H](NS(C)(=O)=O)C(=O)N2CC(C(=N)N)C[C@H]2C(=O)NCc2ccccc2)cc1. The number of aryl methyl sites for hydroxylation is 1. The van der Waals surface area contributed by atoms with Crippen molar-refractivity contribution in [3.63, 3.8) is 0 Å². The van der Waals surface area contributed by atoms with Crippen LogP contribution in [0.15, 0.2) is 54.6 Å². The number of amides is 2. The van der Waals surface area contributed by atoms with Gasteiger partial charge in [-0.25, -0.2) is 17.9 Å². The van der Waals surface area contributed by atoms with Gasteiger partial charge in [-0.05, 0) is 42.5 Å². The molecule has 0 radical (unpaired) electrons. The first-order valence-electron chi connectivity index (χ1n) is 12.1. The average molecular weight is 544 g/mol. The van der Waals surface area contributed by atoms with Crippen LogP contribution in [0.25, 0.3) is 0 Å². The molecular weight excluding hydrogens is 510 g/mol. The first-order chi connectivity index (χ1) is 18.0. The maximum Gasteiger partial charge on any atom is 0.337 e. The zero-order chi connectivity index (χ0) is 27.9. The topological polar surface area (TPSA) is 172 Å². The third kappa shape index (κ3) is 7.86. The van der Waals surface area contributed by atoms with E-state index >= 15 is 0 Å². The number of sulfonamides is 1. The van der Waals surface area contributed by atoms with Gasteiger partial charge in [0.15, 0.2) is 0 Å². The molecule has 12 heteroatoms. The highest BCUT2D eigenvalue weighted by molar-refractivity contribution is 7.88. The van der Waals surface area contributed by atoms with Gasteiger partial charge in [-0.15, -0.1) is 0 Å². The van der Waals surface area contributed by atoms with E-state index in [1.54, 1.807) is 24.3 Å². The fourth-order valence-corrected chi connectivity index (χ4v) is 5.12. The van der Waals surface area contributed by atoms with Crippen LogP contribution in [0.3, 0.4) is 0 Å². The molecule has 0 aromatic heterocycles. The molecule has 5 N–H and O–H groups in total. The number of esters is 1. The van der Waals surface area contributed by atoms with Crippen molar-refractivity contribution in [2.75, 3.05) is 19.9 Å². The van der Waals surface area contributed by atoms with E-state index in [0.717, 1.165) is 17.4 Å². The zero-order valence-corrected chi connectivity index (χ0v) is 22.2. The van der Waals surface area contributed by atoms with Crippen molar-refractivity contribution in [3.05, 3.63) is 71.3 Å². The quantitative estimate of drug-likeness (QED) is 0.184. The van der Waals surface area contributed by atoms with E-state index in [1.165, 1.54) is 12.0 Å². The first-order valence-corrected chi connectivity index (χ1v) is 14.0. The minimum atomic E-state index is -3.76. The fourth-order valence-electron chi connectivity index (χ4n) is 4.38. The molecule has 38 heavy (non-hydrogen) atoms. The summed E-state index contributed by atoms with van der Waals surface area (Å²) in [7, 11) is -2.48. The monoisotopic (exact) mass is 543 g/mol. The van der Waals surface area contributed by atoms with Gasteiger partial charge in [0.05, 0.1) is 24.8 Å². The molecule has 1 fully saturated rings. The van der Waals surface area contributed by atoms with Crippen molar-refractivity contribution in [1.82, 2.24) is 14.9 Å². The lowest BCUT2D eigenvalue weighted by atomic mass is 10.0. The Kier molecular flexibility index (Phi) is 9.59. The predicted molar refractivity (Wildman–Crippen MR) is 142 cm³/mol. The van der Waals surface area contributed by atoms with Gasteiger partial charge in [-0.2, -0.15) is 0 Å². The highest BCUT2D eigenvalue weighted by Crippen LogP contribution is 2.25. The molecular formula is C26H33N5O6S. The molecule has 1 aliphatic rings. The zero-order valence-electron chi connectivity index (χ0n) is 21.3. The minimum absolute atomic E-state index is 0.0351. The number of carbonyl (C=O) groups is 3. The maximum atomic E-state index is 13.6. The summed E-state index contributed by atoms with van der Waals surface area (Å²) in [5.74, 6) is -2.10. The number of nitrogens with zero attached hydrogens (tertiary/aromatic N) is 1. The standard InChI is InChI=1S/C26H33N5O6S/c1-37-26(34)19-11-8-17(9-12-19)10-13-21(30-38(2,35)36)25(33)31-16-20(23(27)28)14-22(31)24(32)29-15-18-6-4-3-5-7-18/h3-9,11-12,20-22,30H,10,13-16H2,1-2H3,(H3,27,28)(H,29,32)/t20?,21-,22+/m1/s1. The minimum Gasteiger partial charge on any atom is -0.465 e. The van der Waals surface area contributed by atoms with Gasteiger partial charge in [-0.3, -0.25) is 15.0 Å². The lowest BCUT2D eigenvalue weighted by Gasteiger charge is -2.28. The van der Waals surface area contributed by atoms with Crippen molar-refractivity contribution in [3.8, 4) is 0 Å². The van der Waals surface area contributed by atoms with Gasteiger partial charge < -0.3 is 20.7 Å². The number of rotatable bonds is 11. The molecule has 3 rings (SSSR count). The largest absolute Gasteiger partial charge is 0.465 e. The lowest BCUT2D eigenvalue weighted by molar-refractivity contribution is -0.139. The molecule has 0 aliphatic carbocycles. The van der Waals surface area contributed by atoms with Crippen LogP contribution >= 0.6 is 0 Å². The summed E-state index contributed by atoms with van der Waals surface area (Å²) in [6.07, 6.45) is 1.57. The van der Waals surface area contributed by atoms with Crippen LogP contribution in [-0.4, -0.2) is 68.9 Å². The number of ether oxygens (including phenoxy) is 1. The highest BCUT2D eigenvalue weighted by Gasteiger charge is 2.43. The Bertz CT molecular complexity index is 1270. The fraction of sp³-hybridized carbons (Fsp3) is 0.385. The number of benzene rings is 2.